The zero-order valence-corrected chi connectivity index (χ0v) is 15.5. The molecule has 0 bridgehead atoms. The lowest BCUT2D eigenvalue weighted by molar-refractivity contribution is 0.130. The van der Waals surface area contributed by atoms with Crippen LogP contribution in [0.15, 0.2) is 23.2 Å². The van der Waals surface area contributed by atoms with Gasteiger partial charge in [0.25, 0.3) is 0 Å². The smallest absolute Gasteiger partial charge is 0.415 e. The third kappa shape index (κ3) is 3.91. The minimum atomic E-state index is -0.454. The van der Waals surface area contributed by atoms with Crippen LogP contribution in [0.25, 0.3) is 0 Å². The van der Waals surface area contributed by atoms with Gasteiger partial charge in [-0.25, -0.2) is 14.2 Å². The van der Waals surface area contributed by atoms with Crippen LogP contribution in [0.3, 0.4) is 0 Å². The number of carbonyl (C=O) groups excluding carboxylic acids is 1. The third-order valence-electron chi connectivity index (χ3n) is 5.02. The maximum absolute atomic E-state index is 13.5. The molecule has 9 heteroatoms. The summed E-state index contributed by atoms with van der Waals surface area (Å²) in [6, 6.07) is 0. The summed E-state index contributed by atoms with van der Waals surface area (Å²) >= 11 is 6.04. The zero-order valence-electron chi connectivity index (χ0n) is 14.8. The van der Waals surface area contributed by atoms with Gasteiger partial charge in [0, 0.05) is 24.7 Å². The van der Waals surface area contributed by atoms with Gasteiger partial charge in [0.2, 0.25) is 0 Å². The summed E-state index contributed by atoms with van der Waals surface area (Å²) in [7, 11) is 0. The molecule has 2 unspecified atom stereocenters. The van der Waals surface area contributed by atoms with E-state index in [9.17, 15) is 9.18 Å². The molecule has 4 rings (SSSR count). The number of cyclic esters (lactones) is 1. The van der Waals surface area contributed by atoms with Gasteiger partial charge in [-0.3, -0.25) is 9.88 Å². The lowest BCUT2D eigenvalue weighted by Crippen LogP contribution is -2.29. The molecule has 1 aliphatic carbocycles. The molecule has 1 aromatic rings. The van der Waals surface area contributed by atoms with E-state index in [1.54, 1.807) is 17.3 Å². The van der Waals surface area contributed by atoms with Gasteiger partial charge < -0.3 is 15.4 Å². The van der Waals surface area contributed by atoms with E-state index >= 15 is 0 Å². The van der Waals surface area contributed by atoms with Crippen molar-refractivity contribution in [3.05, 3.63) is 40.3 Å². The van der Waals surface area contributed by atoms with E-state index in [1.807, 2.05) is 0 Å². The number of aromatic nitrogens is 1. The molecule has 3 aliphatic rings. The van der Waals surface area contributed by atoms with Crippen LogP contribution in [-0.2, 0) is 17.6 Å². The van der Waals surface area contributed by atoms with Crippen LogP contribution in [0.2, 0.25) is 5.02 Å². The highest BCUT2D eigenvalue weighted by Gasteiger charge is 2.33. The molecular formula is C18H21ClFN5O2. The predicted octanol–water partition coefficient (Wildman–Crippen LogP) is 1.86. The Labute approximate surface area is 161 Å². The summed E-state index contributed by atoms with van der Waals surface area (Å²) in [4.78, 5) is 21.9. The molecule has 0 spiro atoms. The molecule has 2 aliphatic heterocycles. The van der Waals surface area contributed by atoms with E-state index in [1.165, 1.54) is 6.20 Å². The maximum atomic E-state index is 13.5. The molecule has 0 aromatic carbocycles. The summed E-state index contributed by atoms with van der Waals surface area (Å²) in [5.74, 6) is 0.480. The van der Waals surface area contributed by atoms with Crippen molar-refractivity contribution in [2.75, 3.05) is 26.2 Å². The summed E-state index contributed by atoms with van der Waals surface area (Å²) in [6.07, 6.45) is 6.38. The molecule has 2 atom stereocenters. The second-order valence-corrected chi connectivity index (χ2v) is 7.33. The van der Waals surface area contributed by atoms with Crippen LogP contribution in [0.1, 0.15) is 17.7 Å². The molecule has 2 N–H and O–H groups in total. The van der Waals surface area contributed by atoms with Crippen LogP contribution < -0.4 is 10.6 Å². The Balaban J connectivity index is 1.20. The van der Waals surface area contributed by atoms with Crippen molar-refractivity contribution < 1.29 is 13.9 Å². The molecule has 1 fully saturated rings. The molecule has 1 amide bonds. The van der Waals surface area contributed by atoms with E-state index in [0.29, 0.717) is 24.8 Å². The van der Waals surface area contributed by atoms with E-state index in [2.05, 4.69) is 20.6 Å². The largest absolute Gasteiger partial charge is 0.444 e. The van der Waals surface area contributed by atoms with E-state index in [0.717, 1.165) is 43.6 Å². The molecule has 0 radical (unpaired) electrons. The van der Waals surface area contributed by atoms with Gasteiger partial charge in [-0.15, -0.1) is 0 Å². The van der Waals surface area contributed by atoms with Crippen molar-refractivity contribution >= 4 is 23.9 Å². The summed E-state index contributed by atoms with van der Waals surface area (Å²) in [6.45, 7) is 2.68. The maximum Gasteiger partial charge on any atom is 0.415 e. The summed E-state index contributed by atoms with van der Waals surface area (Å²) in [5, 5.41) is 6.64. The number of halogens is 2. The van der Waals surface area contributed by atoms with Crippen molar-refractivity contribution in [1.29, 1.82) is 0 Å². The lowest BCUT2D eigenvalue weighted by Gasteiger charge is -2.16. The Hall–Kier alpha value is -2.19. The molecular weight excluding hydrogens is 373 g/mol. The van der Waals surface area contributed by atoms with Gasteiger partial charge in [-0.05, 0) is 43.8 Å². The molecule has 144 valence electrons. The Kier molecular flexibility index (Phi) is 5.27. The van der Waals surface area contributed by atoms with Crippen LogP contribution in [0.5, 0.6) is 0 Å². The fourth-order valence-corrected chi connectivity index (χ4v) is 3.89. The minimum absolute atomic E-state index is 0.158. The zero-order chi connectivity index (χ0) is 18.8. The van der Waals surface area contributed by atoms with Gasteiger partial charge in [0.15, 0.2) is 11.6 Å². The van der Waals surface area contributed by atoms with E-state index in [-0.39, 0.29) is 17.2 Å². The monoisotopic (exact) mass is 393 g/mol. The van der Waals surface area contributed by atoms with Crippen molar-refractivity contribution in [3.8, 4) is 0 Å². The first kappa shape index (κ1) is 18.2. The second kappa shape index (κ2) is 7.82. The van der Waals surface area contributed by atoms with Crippen molar-refractivity contribution in [1.82, 2.24) is 20.5 Å². The van der Waals surface area contributed by atoms with Crippen LogP contribution in [0, 0.1) is 11.7 Å². The highest BCUT2D eigenvalue weighted by Crippen LogP contribution is 2.32. The van der Waals surface area contributed by atoms with Crippen molar-refractivity contribution in [2.24, 2.45) is 10.9 Å². The second-order valence-electron chi connectivity index (χ2n) is 6.95. The third-order valence-corrected chi connectivity index (χ3v) is 5.43. The number of aliphatic imine (C=N–C) groups is 1. The number of hydrogen-bond donors (Lipinski definition) is 2. The van der Waals surface area contributed by atoms with E-state index < -0.39 is 5.82 Å². The molecule has 7 nitrogen and oxygen atoms in total. The van der Waals surface area contributed by atoms with Crippen LogP contribution >= 0.6 is 11.6 Å². The molecule has 1 saturated heterocycles. The minimum Gasteiger partial charge on any atom is -0.444 e. The van der Waals surface area contributed by atoms with Gasteiger partial charge in [-0.1, -0.05) is 11.6 Å². The Morgan fingerprint density at radius 1 is 1.44 bits per heavy atom. The number of rotatable bonds is 6. The van der Waals surface area contributed by atoms with Crippen LogP contribution in [-0.4, -0.2) is 54.5 Å². The Morgan fingerprint density at radius 3 is 3.15 bits per heavy atom. The van der Waals surface area contributed by atoms with Gasteiger partial charge >= 0.3 is 6.09 Å². The molecule has 3 heterocycles. The standard InChI is InChI=1S/C18H21ClFN5O2/c19-17-13-5-11(6-15(13)24-8-14(17)20)7-21-2-1-12-10-25(18(26)27-12)16-9-22-3-4-23-16/h4,8-9,11-12,21-22H,1-3,5-7,10H2. The van der Waals surface area contributed by atoms with Crippen LogP contribution in [0.4, 0.5) is 9.18 Å². The fraction of sp³-hybridized carbons (Fsp3) is 0.500. The fourth-order valence-electron chi connectivity index (χ4n) is 3.66. The number of nitrogens with one attached hydrogen (secondary N) is 2. The normalized spacial score (nSPS) is 23.9. The Morgan fingerprint density at radius 2 is 2.33 bits per heavy atom. The number of fused-ring (bicyclic) bond motifs is 1. The highest BCUT2D eigenvalue weighted by molar-refractivity contribution is 6.31. The highest BCUT2D eigenvalue weighted by atomic mass is 35.5. The van der Waals surface area contributed by atoms with Gasteiger partial charge in [0.05, 0.1) is 17.8 Å². The number of nitrogens with zero attached hydrogens (tertiary/aromatic N) is 3. The average molecular weight is 394 g/mol. The van der Waals surface area contributed by atoms with Crippen molar-refractivity contribution in [2.45, 2.75) is 25.4 Å². The molecule has 1 aromatic heterocycles. The number of carbonyl (C=O) groups is 1. The predicted molar refractivity (Wildman–Crippen MR) is 99.1 cm³/mol. The quantitative estimate of drug-likeness (QED) is 0.721. The SMILES string of the molecule is O=C1OC(CCNCC2Cc3ncc(F)c(Cl)c3C2)CN1C1=CNCC=N1. The summed E-state index contributed by atoms with van der Waals surface area (Å²) in [5.41, 5.74) is 1.72. The summed E-state index contributed by atoms with van der Waals surface area (Å²) < 4.78 is 18.9. The topological polar surface area (TPSA) is 78.8 Å². The number of pyridine rings is 1. The van der Waals surface area contributed by atoms with Gasteiger partial charge in [-0.2, -0.15) is 0 Å². The molecule has 0 saturated carbocycles. The average Bonchev–Trinajstić information content (AvgIpc) is 3.26. The Bertz CT molecular complexity index is 800. The van der Waals surface area contributed by atoms with Gasteiger partial charge in [0.1, 0.15) is 6.10 Å². The first-order chi connectivity index (χ1) is 13.1. The van der Waals surface area contributed by atoms with E-state index in [4.69, 9.17) is 16.3 Å². The first-order valence-electron chi connectivity index (χ1n) is 9.08. The van der Waals surface area contributed by atoms with Crippen molar-refractivity contribution in [3.63, 3.8) is 0 Å². The lowest BCUT2D eigenvalue weighted by atomic mass is 10.1. The number of amides is 1. The first-order valence-corrected chi connectivity index (χ1v) is 9.46. The number of ether oxygens (including phenoxy) is 1. The molecule has 27 heavy (non-hydrogen) atoms. The number of hydrogen-bond acceptors (Lipinski definition) is 6.